The lowest BCUT2D eigenvalue weighted by molar-refractivity contribution is 0.101. The molecule has 0 radical (unpaired) electrons. The van der Waals surface area contributed by atoms with E-state index in [4.69, 9.17) is 4.74 Å². The molecule has 1 N–H and O–H groups in total. The monoisotopic (exact) mass is 299 g/mol. The first kappa shape index (κ1) is 14.7. The molecule has 0 saturated carbocycles. The Hall–Kier alpha value is -0.380. The topological polar surface area (TPSA) is 21.3 Å². The summed E-state index contributed by atoms with van der Waals surface area (Å²) in [5.41, 5.74) is 1.36. The van der Waals surface area contributed by atoms with Crippen molar-refractivity contribution in [2.24, 2.45) is 0 Å². The molecule has 2 nitrogen and oxygen atoms in total. The molecule has 0 aliphatic rings. The van der Waals surface area contributed by atoms with Crippen LogP contribution >= 0.6 is 15.9 Å². The number of halogens is 1. The molecule has 2 atom stereocenters. The fourth-order valence-corrected chi connectivity index (χ4v) is 2.42. The molecule has 3 heteroatoms. The first-order valence-electron chi connectivity index (χ1n) is 6.16. The second-order valence-electron chi connectivity index (χ2n) is 4.37. The highest BCUT2D eigenvalue weighted by Gasteiger charge is 2.12. The Morgan fingerprint density at radius 1 is 1.41 bits per heavy atom. The number of ether oxygens (including phenoxy) is 1. The smallest absolute Gasteiger partial charge is 0.0558 e. The maximum absolute atomic E-state index is 5.34. The Kier molecular flexibility index (Phi) is 6.78. The van der Waals surface area contributed by atoms with Gasteiger partial charge in [-0.3, -0.25) is 0 Å². The minimum Gasteiger partial charge on any atom is -0.382 e. The SMILES string of the molecule is CCNC(Cc1cccc(Br)c1)CC(C)OC. The second-order valence-corrected chi connectivity index (χ2v) is 5.29. The Morgan fingerprint density at radius 3 is 2.76 bits per heavy atom. The van der Waals surface area contributed by atoms with Crippen LogP contribution in [0.3, 0.4) is 0 Å². The summed E-state index contributed by atoms with van der Waals surface area (Å²) in [7, 11) is 1.77. The van der Waals surface area contributed by atoms with Crippen LogP contribution in [0.2, 0.25) is 0 Å². The minimum absolute atomic E-state index is 0.297. The second kappa shape index (κ2) is 7.85. The molecule has 0 bridgehead atoms. The molecule has 0 aliphatic carbocycles. The molecule has 0 aliphatic heterocycles. The Morgan fingerprint density at radius 2 is 2.18 bits per heavy atom. The third kappa shape index (κ3) is 5.66. The van der Waals surface area contributed by atoms with Crippen molar-refractivity contribution in [2.45, 2.75) is 38.8 Å². The van der Waals surface area contributed by atoms with Crippen LogP contribution in [-0.2, 0) is 11.2 Å². The maximum atomic E-state index is 5.34. The van der Waals surface area contributed by atoms with E-state index < -0.39 is 0 Å². The van der Waals surface area contributed by atoms with Crippen LogP contribution in [0.5, 0.6) is 0 Å². The fourth-order valence-electron chi connectivity index (χ4n) is 1.97. The summed E-state index contributed by atoms with van der Waals surface area (Å²) in [5, 5.41) is 3.52. The van der Waals surface area contributed by atoms with Crippen molar-refractivity contribution in [3.8, 4) is 0 Å². The van der Waals surface area contributed by atoms with E-state index in [1.807, 2.05) is 0 Å². The Balaban J connectivity index is 2.59. The van der Waals surface area contributed by atoms with Crippen molar-refractivity contribution in [3.05, 3.63) is 34.3 Å². The summed E-state index contributed by atoms with van der Waals surface area (Å²) >= 11 is 3.51. The highest BCUT2D eigenvalue weighted by Crippen LogP contribution is 2.15. The molecule has 0 aromatic heterocycles. The molecule has 17 heavy (non-hydrogen) atoms. The number of hydrogen-bond donors (Lipinski definition) is 1. The number of methoxy groups -OCH3 is 1. The van der Waals surface area contributed by atoms with Gasteiger partial charge in [0.25, 0.3) is 0 Å². The molecule has 0 spiro atoms. The lowest BCUT2D eigenvalue weighted by atomic mass is 10.0. The molecule has 0 fully saturated rings. The van der Waals surface area contributed by atoms with Crippen LogP contribution in [0.25, 0.3) is 0 Å². The lowest BCUT2D eigenvalue weighted by Gasteiger charge is -2.21. The summed E-state index contributed by atoms with van der Waals surface area (Å²) in [6.07, 6.45) is 2.38. The van der Waals surface area contributed by atoms with Crippen molar-refractivity contribution in [3.63, 3.8) is 0 Å². The van der Waals surface area contributed by atoms with E-state index in [2.05, 4.69) is 59.4 Å². The molecular weight excluding hydrogens is 278 g/mol. The van der Waals surface area contributed by atoms with Gasteiger partial charge in [0.15, 0.2) is 0 Å². The summed E-state index contributed by atoms with van der Waals surface area (Å²) in [4.78, 5) is 0. The van der Waals surface area contributed by atoms with Crippen LogP contribution in [-0.4, -0.2) is 25.8 Å². The molecule has 2 unspecified atom stereocenters. The van der Waals surface area contributed by atoms with E-state index in [0.29, 0.717) is 12.1 Å². The number of hydrogen-bond acceptors (Lipinski definition) is 2. The van der Waals surface area contributed by atoms with Gasteiger partial charge in [-0.15, -0.1) is 0 Å². The first-order chi connectivity index (χ1) is 8.15. The van der Waals surface area contributed by atoms with E-state index >= 15 is 0 Å². The zero-order chi connectivity index (χ0) is 12.7. The normalized spacial score (nSPS) is 14.6. The molecule has 1 rings (SSSR count). The Labute approximate surface area is 113 Å². The van der Waals surface area contributed by atoms with Gasteiger partial charge in [0.2, 0.25) is 0 Å². The number of benzene rings is 1. The van der Waals surface area contributed by atoms with Crippen LogP contribution in [0.15, 0.2) is 28.7 Å². The zero-order valence-corrected chi connectivity index (χ0v) is 12.5. The quantitative estimate of drug-likeness (QED) is 0.833. The molecule has 1 aromatic carbocycles. The summed E-state index contributed by atoms with van der Waals surface area (Å²) in [6, 6.07) is 8.98. The molecule has 0 heterocycles. The van der Waals surface area contributed by atoms with E-state index in [0.717, 1.165) is 23.9 Å². The van der Waals surface area contributed by atoms with Crippen molar-refractivity contribution in [2.75, 3.05) is 13.7 Å². The largest absolute Gasteiger partial charge is 0.382 e. The number of rotatable bonds is 7. The van der Waals surface area contributed by atoms with Gasteiger partial charge in [0.05, 0.1) is 6.10 Å². The predicted molar refractivity (Wildman–Crippen MR) is 76.4 cm³/mol. The first-order valence-corrected chi connectivity index (χ1v) is 6.95. The molecule has 0 saturated heterocycles. The van der Waals surface area contributed by atoms with E-state index in [1.165, 1.54) is 5.56 Å². The summed E-state index contributed by atoms with van der Waals surface area (Å²) < 4.78 is 6.48. The lowest BCUT2D eigenvalue weighted by Crippen LogP contribution is -2.34. The average molecular weight is 300 g/mol. The van der Waals surface area contributed by atoms with Gasteiger partial charge < -0.3 is 10.1 Å². The fraction of sp³-hybridized carbons (Fsp3) is 0.571. The van der Waals surface area contributed by atoms with Crippen molar-refractivity contribution in [1.29, 1.82) is 0 Å². The van der Waals surface area contributed by atoms with Crippen LogP contribution in [0.4, 0.5) is 0 Å². The van der Waals surface area contributed by atoms with Crippen molar-refractivity contribution in [1.82, 2.24) is 5.32 Å². The third-order valence-corrected chi connectivity index (χ3v) is 3.38. The van der Waals surface area contributed by atoms with E-state index in [9.17, 15) is 0 Å². The van der Waals surface area contributed by atoms with Crippen molar-refractivity contribution >= 4 is 15.9 Å². The maximum Gasteiger partial charge on any atom is 0.0558 e. The van der Waals surface area contributed by atoms with Gasteiger partial charge in [-0.2, -0.15) is 0 Å². The highest BCUT2D eigenvalue weighted by atomic mass is 79.9. The summed E-state index contributed by atoms with van der Waals surface area (Å²) in [6.45, 7) is 5.26. The van der Waals surface area contributed by atoms with Crippen molar-refractivity contribution < 1.29 is 4.74 Å². The molecule has 0 amide bonds. The highest BCUT2D eigenvalue weighted by molar-refractivity contribution is 9.10. The van der Waals surface area contributed by atoms with Gasteiger partial charge in [-0.1, -0.05) is 35.0 Å². The average Bonchev–Trinajstić information content (AvgIpc) is 2.29. The predicted octanol–water partition coefficient (Wildman–Crippen LogP) is 3.39. The van der Waals surface area contributed by atoms with Gasteiger partial charge >= 0.3 is 0 Å². The summed E-state index contributed by atoms with van der Waals surface area (Å²) in [5.74, 6) is 0. The molecular formula is C14H22BrNO. The van der Waals surface area contributed by atoms with E-state index in [-0.39, 0.29) is 0 Å². The van der Waals surface area contributed by atoms with Gasteiger partial charge in [0, 0.05) is 17.6 Å². The van der Waals surface area contributed by atoms with Gasteiger partial charge in [0.1, 0.15) is 0 Å². The van der Waals surface area contributed by atoms with Crippen LogP contribution in [0.1, 0.15) is 25.8 Å². The van der Waals surface area contributed by atoms with E-state index in [1.54, 1.807) is 7.11 Å². The number of nitrogens with one attached hydrogen (secondary N) is 1. The third-order valence-electron chi connectivity index (χ3n) is 2.88. The van der Waals surface area contributed by atoms with Gasteiger partial charge in [-0.05, 0) is 44.0 Å². The number of likely N-dealkylation sites (N-methyl/N-ethyl adjacent to an activating group) is 1. The van der Waals surface area contributed by atoms with Crippen LogP contribution in [0, 0.1) is 0 Å². The van der Waals surface area contributed by atoms with Crippen LogP contribution < -0.4 is 5.32 Å². The minimum atomic E-state index is 0.297. The molecule has 96 valence electrons. The zero-order valence-electron chi connectivity index (χ0n) is 10.9. The Bertz CT molecular complexity index is 330. The van der Waals surface area contributed by atoms with Gasteiger partial charge in [-0.25, -0.2) is 0 Å². The standard InChI is InChI=1S/C14H22BrNO/c1-4-16-14(8-11(2)17-3)10-12-6-5-7-13(15)9-12/h5-7,9,11,14,16H,4,8,10H2,1-3H3. The molecule has 1 aromatic rings.